The summed E-state index contributed by atoms with van der Waals surface area (Å²) in [6.07, 6.45) is 2.25. The highest BCUT2D eigenvalue weighted by atomic mass is 32.2. The van der Waals surface area contributed by atoms with Crippen molar-refractivity contribution in [3.63, 3.8) is 0 Å². The molecular weight excluding hydrogens is 254 g/mol. The van der Waals surface area contributed by atoms with E-state index in [4.69, 9.17) is 4.98 Å². The van der Waals surface area contributed by atoms with E-state index in [1.165, 1.54) is 29.2 Å². The van der Waals surface area contributed by atoms with E-state index >= 15 is 0 Å². The average molecular weight is 279 g/mol. The molecule has 19 heavy (non-hydrogen) atoms. The normalized spacial score (nSPS) is 19.7. The van der Waals surface area contributed by atoms with Crippen molar-refractivity contribution < 1.29 is 0 Å². The molecule has 2 rings (SSSR count). The van der Waals surface area contributed by atoms with E-state index in [2.05, 4.69) is 48.0 Å². The summed E-state index contributed by atoms with van der Waals surface area (Å²) in [5.41, 5.74) is 2.55. The van der Waals surface area contributed by atoms with Crippen LogP contribution in [0, 0.1) is 0 Å². The molecule has 106 valence electrons. The summed E-state index contributed by atoms with van der Waals surface area (Å²) in [4.78, 5) is 7.28. The summed E-state index contributed by atoms with van der Waals surface area (Å²) >= 11 is 2.10. The van der Waals surface area contributed by atoms with E-state index < -0.39 is 0 Å². The van der Waals surface area contributed by atoms with Crippen LogP contribution in [0.4, 0.5) is 5.82 Å². The van der Waals surface area contributed by atoms with Crippen LogP contribution in [-0.4, -0.2) is 36.1 Å². The van der Waals surface area contributed by atoms with Gasteiger partial charge in [0.05, 0.1) is 0 Å². The second-order valence-corrected chi connectivity index (χ2v) is 6.46. The van der Waals surface area contributed by atoms with Gasteiger partial charge in [0.15, 0.2) is 0 Å². The Balaban J connectivity index is 2.19. The fourth-order valence-corrected chi connectivity index (χ4v) is 3.64. The van der Waals surface area contributed by atoms with E-state index in [1.807, 2.05) is 7.05 Å². The number of nitrogens with zero attached hydrogens (tertiary/aromatic N) is 2. The maximum absolute atomic E-state index is 4.82. The molecule has 0 bridgehead atoms. The molecular formula is C15H25N3S. The molecule has 1 atom stereocenters. The smallest absolute Gasteiger partial charge is 0.129 e. The number of pyridine rings is 1. The van der Waals surface area contributed by atoms with Crippen molar-refractivity contribution in [1.82, 2.24) is 10.3 Å². The Kier molecular flexibility index (Phi) is 5.52. The number of anilines is 1. The molecule has 1 fully saturated rings. The Morgan fingerprint density at radius 2 is 2.26 bits per heavy atom. The van der Waals surface area contributed by atoms with Gasteiger partial charge >= 0.3 is 0 Å². The van der Waals surface area contributed by atoms with E-state index in [-0.39, 0.29) is 0 Å². The van der Waals surface area contributed by atoms with Gasteiger partial charge < -0.3 is 10.2 Å². The lowest BCUT2D eigenvalue weighted by atomic mass is 10.2. The molecule has 1 aromatic rings. The molecule has 1 aliphatic rings. The molecule has 1 aliphatic heterocycles. The largest absolute Gasteiger partial charge is 0.355 e. The second-order valence-electron chi connectivity index (χ2n) is 5.06. The first-order valence-corrected chi connectivity index (χ1v) is 8.32. The van der Waals surface area contributed by atoms with Gasteiger partial charge in [0, 0.05) is 36.3 Å². The Bertz CT molecular complexity index is 408. The molecule has 4 heteroatoms. The molecule has 1 N–H and O–H groups in total. The predicted octanol–water partition coefficient (Wildman–Crippen LogP) is 2.70. The topological polar surface area (TPSA) is 28.2 Å². The number of nitrogens with one attached hydrogen (secondary N) is 1. The minimum absolute atomic E-state index is 0.758. The molecule has 0 saturated carbocycles. The molecule has 1 aromatic heterocycles. The zero-order chi connectivity index (χ0) is 13.7. The van der Waals surface area contributed by atoms with Crippen LogP contribution in [0.25, 0.3) is 0 Å². The zero-order valence-electron chi connectivity index (χ0n) is 12.3. The van der Waals surface area contributed by atoms with Crippen molar-refractivity contribution in [1.29, 1.82) is 0 Å². The molecule has 1 unspecified atom stereocenters. The highest BCUT2D eigenvalue weighted by Gasteiger charge is 2.20. The molecule has 1 saturated heterocycles. The first-order chi connectivity index (χ1) is 9.26. The van der Waals surface area contributed by atoms with Crippen molar-refractivity contribution in [2.45, 2.75) is 38.5 Å². The van der Waals surface area contributed by atoms with E-state index in [9.17, 15) is 0 Å². The van der Waals surface area contributed by atoms with Crippen LogP contribution in [0.1, 0.15) is 31.5 Å². The number of thioether (sulfide) groups is 1. The molecule has 0 aromatic carbocycles. The first-order valence-electron chi connectivity index (χ1n) is 7.27. The number of rotatable bonds is 5. The van der Waals surface area contributed by atoms with E-state index in [0.717, 1.165) is 31.3 Å². The average Bonchev–Trinajstić information content (AvgIpc) is 2.47. The molecule has 0 aliphatic carbocycles. The van der Waals surface area contributed by atoms with Crippen LogP contribution >= 0.6 is 11.8 Å². The van der Waals surface area contributed by atoms with E-state index in [0.29, 0.717) is 0 Å². The van der Waals surface area contributed by atoms with Crippen LogP contribution in [0.15, 0.2) is 12.1 Å². The van der Waals surface area contributed by atoms with Gasteiger partial charge in [-0.2, -0.15) is 11.8 Å². The van der Waals surface area contributed by atoms with Crippen LogP contribution in [-0.2, 0) is 13.0 Å². The van der Waals surface area contributed by atoms with Crippen LogP contribution < -0.4 is 10.2 Å². The lowest BCUT2D eigenvalue weighted by Crippen LogP contribution is -2.38. The number of aromatic nitrogens is 1. The standard InChI is InChI=1S/C15H25N3S/c1-4-13-8-12(10-16-3)9-15(17-13)18-6-7-19-14(5-2)11-18/h8-9,14,16H,4-7,10-11H2,1-3H3. The van der Waals surface area contributed by atoms with Crippen LogP contribution in [0.3, 0.4) is 0 Å². The fraction of sp³-hybridized carbons (Fsp3) is 0.667. The van der Waals surface area contributed by atoms with Crippen molar-refractivity contribution in [2.24, 2.45) is 0 Å². The third-order valence-corrected chi connectivity index (χ3v) is 4.96. The number of hydrogen-bond donors (Lipinski definition) is 1. The maximum atomic E-state index is 4.82. The van der Waals surface area contributed by atoms with E-state index in [1.54, 1.807) is 0 Å². The van der Waals surface area contributed by atoms with Gasteiger partial charge in [0.1, 0.15) is 5.82 Å². The third-order valence-electron chi connectivity index (χ3n) is 3.59. The molecule has 0 spiro atoms. The van der Waals surface area contributed by atoms with Crippen molar-refractivity contribution in [3.8, 4) is 0 Å². The maximum Gasteiger partial charge on any atom is 0.129 e. The van der Waals surface area contributed by atoms with Gasteiger partial charge in [-0.25, -0.2) is 4.98 Å². The third kappa shape index (κ3) is 3.86. The van der Waals surface area contributed by atoms with Gasteiger partial charge in [-0.15, -0.1) is 0 Å². The van der Waals surface area contributed by atoms with Gasteiger partial charge in [0.2, 0.25) is 0 Å². The van der Waals surface area contributed by atoms with Gasteiger partial charge in [0.25, 0.3) is 0 Å². The first kappa shape index (κ1) is 14.7. The Morgan fingerprint density at radius 1 is 1.42 bits per heavy atom. The van der Waals surface area contributed by atoms with Crippen molar-refractivity contribution >= 4 is 17.6 Å². The van der Waals surface area contributed by atoms with Crippen LogP contribution in [0.5, 0.6) is 0 Å². The summed E-state index contributed by atoms with van der Waals surface area (Å²) in [6.45, 7) is 7.64. The van der Waals surface area contributed by atoms with Gasteiger partial charge in [-0.1, -0.05) is 13.8 Å². The molecule has 0 radical (unpaired) electrons. The Morgan fingerprint density at radius 3 is 2.95 bits per heavy atom. The minimum Gasteiger partial charge on any atom is -0.355 e. The van der Waals surface area contributed by atoms with Crippen molar-refractivity contribution in [3.05, 3.63) is 23.4 Å². The molecule has 0 amide bonds. The van der Waals surface area contributed by atoms with Crippen LogP contribution in [0.2, 0.25) is 0 Å². The predicted molar refractivity (Wildman–Crippen MR) is 85.1 cm³/mol. The van der Waals surface area contributed by atoms with Gasteiger partial charge in [-0.3, -0.25) is 0 Å². The number of aryl methyl sites for hydroxylation is 1. The second kappa shape index (κ2) is 7.15. The summed E-state index contributed by atoms with van der Waals surface area (Å²) in [6, 6.07) is 4.47. The Labute approximate surface area is 121 Å². The summed E-state index contributed by atoms with van der Waals surface area (Å²) in [5.74, 6) is 2.39. The lowest BCUT2D eigenvalue weighted by molar-refractivity contribution is 0.715. The fourth-order valence-electron chi connectivity index (χ4n) is 2.46. The molecule has 3 nitrogen and oxygen atoms in total. The summed E-state index contributed by atoms with van der Waals surface area (Å²) < 4.78 is 0. The summed E-state index contributed by atoms with van der Waals surface area (Å²) in [7, 11) is 2.00. The summed E-state index contributed by atoms with van der Waals surface area (Å²) in [5, 5.41) is 3.99. The number of hydrogen-bond acceptors (Lipinski definition) is 4. The monoisotopic (exact) mass is 279 g/mol. The highest BCUT2D eigenvalue weighted by molar-refractivity contribution is 8.00. The highest BCUT2D eigenvalue weighted by Crippen LogP contribution is 2.25. The Hall–Kier alpha value is -0.740. The lowest BCUT2D eigenvalue weighted by Gasteiger charge is -2.33. The van der Waals surface area contributed by atoms with Gasteiger partial charge in [-0.05, 0) is 37.6 Å². The minimum atomic E-state index is 0.758. The quantitative estimate of drug-likeness (QED) is 0.897. The zero-order valence-corrected chi connectivity index (χ0v) is 13.1. The SMILES string of the molecule is CCc1cc(CNC)cc(N2CCSC(CC)C2)n1. The van der Waals surface area contributed by atoms with Crippen molar-refractivity contribution in [2.75, 3.05) is 30.8 Å². The molecule has 2 heterocycles.